The van der Waals surface area contributed by atoms with Gasteiger partial charge in [0.25, 0.3) is 0 Å². The summed E-state index contributed by atoms with van der Waals surface area (Å²) in [4.78, 5) is 21.7. The van der Waals surface area contributed by atoms with Crippen LogP contribution in [0.3, 0.4) is 0 Å². The fraction of sp³-hybridized carbons (Fsp3) is 1.00. The van der Waals surface area contributed by atoms with E-state index >= 15 is 0 Å². The molecule has 0 aliphatic carbocycles. The van der Waals surface area contributed by atoms with E-state index < -0.39 is 17.2 Å². The third kappa shape index (κ3) is 7.55. The van der Waals surface area contributed by atoms with Crippen molar-refractivity contribution < 1.29 is 42.5 Å². The van der Waals surface area contributed by atoms with Crippen molar-refractivity contribution in [2.75, 3.05) is 59.5 Å². The van der Waals surface area contributed by atoms with E-state index in [1.165, 1.54) is 0 Å². The van der Waals surface area contributed by atoms with Crippen LogP contribution in [0.5, 0.6) is 0 Å². The summed E-state index contributed by atoms with van der Waals surface area (Å²) in [5, 5.41) is 0. The highest BCUT2D eigenvalue weighted by atomic mass is 31.2. The third-order valence-corrected chi connectivity index (χ3v) is 7.15. The Morgan fingerprint density at radius 3 is 1.00 bits per heavy atom. The molecule has 0 aromatic carbocycles. The lowest BCUT2D eigenvalue weighted by molar-refractivity contribution is -0.151. The van der Waals surface area contributed by atoms with E-state index in [0.717, 1.165) is 58.9 Å². The Morgan fingerprint density at radius 2 is 0.862 bits per heavy atom. The summed E-state index contributed by atoms with van der Waals surface area (Å²) >= 11 is 0. The van der Waals surface area contributed by atoms with Gasteiger partial charge < -0.3 is 42.5 Å². The van der Waals surface area contributed by atoms with Crippen molar-refractivity contribution in [2.45, 2.75) is 40.0 Å². The van der Waals surface area contributed by atoms with Gasteiger partial charge in [0.2, 0.25) is 0 Å². The average molecular weight is 458 g/mol. The van der Waals surface area contributed by atoms with Gasteiger partial charge >= 0.3 is 17.2 Å². The molecular weight excluding hydrogens is 422 g/mol. The van der Waals surface area contributed by atoms with E-state index in [-0.39, 0.29) is 16.2 Å². The van der Waals surface area contributed by atoms with Crippen LogP contribution < -0.4 is 0 Å². The van der Waals surface area contributed by atoms with Crippen LogP contribution >= 0.6 is 17.2 Å². The lowest BCUT2D eigenvalue weighted by atomic mass is 9.84. The third-order valence-electron chi connectivity index (χ3n) is 6.13. The number of rotatable bonds is 12. The Hall–Kier alpha value is 0.500. The summed E-state index contributed by atoms with van der Waals surface area (Å²) in [6, 6.07) is 0. The van der Waals surface area contributed by atoms with E-state index in [0.29, 0.717) is 19.8 Å². The smallest absolute Gasteiger partial charge is 0.332 e. The first-order valence-electron chi connectivity index (χ1n) is 10.1. The minimum Gasteiger partial charge on any atom is -0.380 e. The van der Waals surface area contributed by atoms with Crippen molar-refractivity contribution in [1.82, 2.24) is 0 Å². The zero-order chi connectivity index (χ0) is 21.4. The molecule has 3 rings (SSSR count). The molecule has 0 bridgehead atoms. The molecule has 0 aromatic heterocycles. The maximum Gasteiger partial charge on any atom is 0.332 e. The minimum absolute atomic E-state index is 0.136. The standard InChI is InChI=1S/C18H33O6P.H3O3P/c1-4-16(7-19-8-16)13-22-25(23-14-17(5-2)9-20-10-17)24-15-18(6-3)11-21-12-18;1-4(2)3/h4-15H2,1-3H3;1-3H. The highest BCUT2D eigenvalue weighted by Crippen LogP contribution is 2.48. The Labute approximate surface area is 176 Å². The van der Waals surface area contributed by atoms with Crippen LogP contribution in [0.4, 0.5) is 0 Å². The molecule has 0 aromatic rings. The van der Waals surface area contributed by atoms with Gasteiger partial charge in [0, 0.05) is 16.2 Å². The van der Waals surface area contributed by atoms with Gasteiger partial charge in [-0.15, -0.1) is 0 Å². The summed E-state index contributed by atoms with van der Waals surface area (Å²) in [5.74, 6) is 0. The first-order valence-corrected chi connectivity index (χ1v) is 12.4. The van der Waals surface area contributed by atoms with Gasteiger partial charge in [-0.3, -0.25) is 0 Å². The predicted molar refractivity (Wildman–Crippen MR) is 109 cm³/mol. The monoisotopic (exact) mass is 458 g/mol. The van der Waals surface area contributed by atoms with Gasteiger partial charge in [-0.25, -0.2) is 0 Å². The minimum atomic E-state index is -2.62. The SMILES string of the molecule is CCC1(COP(OCC2(CC)COC2)OCC2(CC)COC2)COC1.OP(O)O. The van der Waals surface area contributed by atoms with E-state index in [4.69, 9.17) is 42.5 Å². The first kappa shape index (κ1) is 25.8. The average Bonchev–Trinajstić information content (AvgIpc) is 2.58. The van der Waals surface area contributed by atoms with Crippen LogP contribution in [0.15, 0.2) is 0 Å². The molecule has 0 radical (unpaired) electrons. The van der Waals surface area contributed by atoms with Crippen LogP contribution in [0, 0.1) is 16.2 Å². The van der Waals surface area contributed by atoms with Crippen LogP contribution in [-0.2, 0) is 27.8 Å². The van der Waals surface area contributed by atoms with Gasteiger partial charge in [-0.05, 0) is 19.3 Å². The lowest BCUT2D eigenvalue weighted by Gasteiger charge is -2.43. The predicted octanol–water partition coefficient (Wildman–Crippen LogP) is 2.73. The number of hydrogen-bond donors (Lipinski definition) is 3. The molecule has 3 N–H and O–H groups in total. The summed E-state index contributed by atoms with van der Waals surface area (Å²) in [7, 11) is -3.97. The van der Waals surface area contributed by atoms with Crippen LogP contribution in [0.1, 0.15) is 40.0 Å². The topological polar surface area (TPSA) is 116 Å². The Balaban J connectivity index is 0.000000687. The maximum absolute atomic E-state index is 7.23. The molecule has 0 amide bonds. The van der Waals surface area contributed by atoms with Gasteiger partial charge in [0.15, 0.2) is 0 Å². The summed E-state index contributed by atoms with van der Waals surface area (Å²) in [6.45, 7) is 13.1. The Morgan fingerprint density at radius 1 is 0.621 bits per heavy atom. The molecule has 3 aliphatic heterocycles. The molecule has 3 heterocycles. The summed E-state index contributed by atoms with van der Waals surface area (Å²) < 4.78 is 34.5. The molecule has 9 nitrogen and oxygen atoms in total. The molecule has 0 atom stereocenters. The quantitative estimate of drug-likeness (QED) is 0.380. The molecule has 3 saturated heterocycles. The molecule has 3 fully saturated rings. The van der Waals surface area contributed by atoms with Crippen molar-refractivity contribution in [2.24, 2.45) is 16.2 Å². The Kier molecular flexibility index (Phi) is 10.6. The van der Waals surface area contributed by atoms with Crippen molar-refractivity contribution in [3.05, 3.63) is 0 Å². The molecule has 0 saturated carbocycles. The molecule has 3 aliphatic rings. The van der Waals surface area contributed by atoms with Gasteiger partial charge in [0.1, 0.15) is 0 Å². The van der Waals surface area contributed by atoms with Crippen molar-refractivity contribution in [1.29, 1.82) is 0 Å². The summed E-state index contributed by atoms with van der Waals surface area (Å²) in [6.07, 6.45) is 3.15. The second kappa shape index (κ2) is 11.9. The molecule has 0 spiro atoms. The van der Waals surface area contributed by atoms with E-state index in [1.807, 2.05) is 0 Å². The summed E-state index contributed by atoms with van der Waals surface area (Å²) in [5.41, 5.74) is 0.409. The second-order valence-corrected chi connectivity index (χ2v) is 10.1. The van der Waals surface area contributed by atoms with Gasteiger partial charge in [-0.1, -0.05) is 20.8 Å². The molecule has 172 valence electrons. The van der Waals surface area contributed by atoms with E-state index in [2.05, 4.69) is 20.8 Å². The highest BCUT2D eigenvalue weighted by Gasteiger charge is 2.42. The maximum atomic E-state index is 7.23. The zero-order valence-corrected chi connectivity index (χ0v) is 19.5. The fourth-order valence-electron chi connectivity index (χ4n) is 3.02. The van der Waals surface area contributed by atoms with Crippen molar-refractivity contribution in [3.8, 4) is 0 Å². The van der Waals surface area contributed by atoms with E-state index in [9.17, 15) is 0 Å². The van der Waals surface area contributed by atoms with Gasteiger partial charge in [-0.2, -0.15) is 0 Å². The van der Waals surface area contributed by atoms with Crippen molar-refractivity contribution >= 4 is 17.2 Å². The first-order chi connectivity index (χ1) is 13.8. The van der Waals surface area contributed by atoms with Crippen molar-refractivity contribution in [3.63, 3.8) is 0 Å². The fourth-order valence-corrected chi connectivity index (χ4v) is 4.38. The normalized spacial score (nSPS) is 23.6. The molecule has 0 unspecified atom stereocenters. The number of ether oxygens (including phenoxy) is 3. The molecule has 29 heavy (non-hydrogen) atoms. The largest absolute Gasteiger partial charge is 0.380 e. The van der Waals surface area contributed by atoms with E-state index in [1.54, 1.807) is 0 Å². The lowest BCUT2D eigenvalue weighted by Crippen LogP contribution is -2.47. The van der Waals surface area contributed by atoms with Crippen LogP contribution in [0.25, 0.3) is 0 Å². The Bertz CT molecular complexity index is 387. The van der Waals surface area contributed by atoms with Crippen LogP contribution in [0.2, 0.25) is 0 Å². The van der Waals surface area contributed by atoms with Gasteiger partial charge in [0.05, 0.1) is 59.5 Å². The zero-order valence-electron chi connectivity index (χ0n) is 17.7. The molecule has 11 heteroatoms. The number of hydrogen-bond acceptors (Lipinski definition) is 9. The second-order valence-electron chi connectivity index (χ2n) is 8.35. The molecular formula is C18H36O9P2. The highest BCUT2D eigenvalue weighted by molar-refractivity contribution is 7.41. The van der Waals surface area contributed by atoms with Crippen LogP contribution in [-0.4, -0.2) is 74.1 Å².